The maximum Gasteiger partial charge on any atom is 0.232 e. The van der Waals surface area contributed by atoms with Crippen LogP contribution in [0.5, 0.6) is 11.5 Å². The Bertz CT molecular complexity index is 1080. The highest BCUT2D eigenvalue weighted by atomic mass is 19.1. The highest BCUT2D eigenvalue weighted by molar-refractivity contribution is 5.96. The molecule has 0 bridgehead atoms. The topological polar surface area (TPSA) is 77.7 Å². The van der Waals surface area contributed by atoms with E-state index in [-0.39, 0.29) is 30.9 Å². The van der Waals surface area contributed by atoms with Gasteiger partial charge in [0.25, 0.3) is 0 Å². The van der Waals surface area contributed by atoms with E-state index >= 15 is 0 Å². The van der Waals surface area contributed by atoms with E-state index in [0.717, 1.165) is 5.56 Å². The number of anilines is 1. The molecule has 1 atom stereocenters. The number of carbonyl (C=O) groups excluding carboxylic acids is 1. The van der Waals surface area contributed by atoms with Gasteiger partial charge in [0.05, 0.1) is 5.92 Å². The Balaban J connectivity index is 1.37. The molecule has 7 nitrogen and oxygen atoms in total. The van der Waals surface area contributed by atoms with Gasteiger partial charge in [0.1, 0.15) is 5.82 Å². The summed E-state index contributed by atoms with van der Waals surface area (Å²) in [6, 6.07) is 10.2. The Morgan fingerprint density at radius 3 is 2.86 bits per heavy atom. The third-order valence-electron chi connectivity index (χ3n) is 5.01. The summed E-state index contributed by atoms with van der Waals surface area (Å²) < 4.78 is 30.0. The van der Waals surface area contributed by atoms with Crippen molar-refractivity contribution in [2.75, 3.05) is 18.2 Å². The number of hydrogen-bond donors (Lipinski definition) is 0. The first-order chi connectivity index (χ1) is 13.6. The molecular weight excluding hydrogens is 365 g/mol. The number of benzene rings is 2. The molecule has 0 spiro atoms. The van der Waals surface area contributed by atoms with Crippen molar-refractivity contribution in [2.24, 2.45) is 0 Å². The van der Waals surface area contributed by atoms with Gasteiger partial charge in [-0.3, -0.25) is 4.79 Å². The number of fused-ring (bicyclic) bond motifs is 1. The van der Waals surface area contributed by atoms with Crippen molar-refractivity contribution in [2.45, 2.75) is 19.3 Å². The number of rotatable bonds is 3. The average Bonchev–Trinajstić information content (AvgIpc) is 3.42. The summed E-state index contributed by atoms with van der Waals surface area (Å²) in [6.45, 7) is 2.24. The fourth-order valence-electron chi connectivity index (χ4n) is 3.43. The number of carbonyl (C=O) groups is 1. The van der Waals surface area contributed by atoms with Crippen LogP contribution >= 0.6 is 0 Å². The molecule has 0 saturated carbocycles. The smallest absolute Gasteiger partial charge is 0.232 e. The van der Waals surface area contributed by atoms with Gasteiger partial charge in [0.15, 0.2) is 11.5 Å². The van der Waals surface area contributed by atoms with Crippen LogP contribution in [-0.2, 0) is 4.79 Å². The average molecular weight is 381 g/mol. The van der Waals surface area contributed by atoms with Crippen molar-refractivity contribution < 1.29 is 23.2 Å². The standard InChI is InChI=1S/C20H16FN3O4/c1-11-2-4-14(8-15(11)21)24-9-13(7-18(24)25)20-22-19(23-28-20)12-3-5-16-17(6-12)27-10-26-16/h2-6,8,13H,7,9-10H2,1H3. The number of halogens is 1. The molecule has 28 heavy (non-hydrogen) atoms. The van der Waals surface area contributed by atoms with Crippen LogP contribution in [0.2, 0.25) is 0 Å². The normalized spacial score (nSPS) is 18.1. The van der Waals surface area contributed by atoms with Gasteiger partial charge in [0, 0.05) is 24.2 Å². The van der Waals surface area contributed by atoms with E-state index in [4.69, 9.17) is 14.0 Å². The summed E-state index contributed by atoms with van der Waals surface area (Å²) in [5.74, 6) is 1.43. The minimum absolute atomic E-state index is 0.101. The lowest BCUT2D eigenvalue weighted by atomic mass is 10.1. The Kier molecular flexibility index (Phi) is 3.78. The molecule has 0 radical (unpaired) electrons. The van der Waals surface area contributed by atoms with Crippen molar-refractivity contribution in [3.8, 4) is 22.9 Å². The maximum atomic E-state index is 13.9. The van der Waals surface area contributed by atoms with Crippen LogP contribution in [0.1, 0.15) is 23.8 Å². The van der Waals surface area contributed by atoms with E-state index in [2.05, 4.69) is 10.1 Å². The molecule has 8 heteroatoms. The van der Waals surface area contributed by atoms with Crippen molar-refractivity contribution in [1.82, 2.24) is 10.1 Å². The highest BCUT2D eigenvalue weighted by Crippen LogP contribution is 2.36. The monoisotopic (exact) mass is 381 g/mol. The minimum Gasteiger partial charge on any atom is -0.454 e. The molecule has 2 aliphatic rings. The van der Waals surface area contributed by atoms with Crippen LogP contribution in [0.4, 0.5) is 10.1 Å². The molecule has 142 valence electrons. The third kappa shape index (κ3) is 2.77. The van der Waals surface area contributed by atoms with Crippen molar-refractivity contribution >= 4 is 11.6 Å². The molecule has 0 aliphatic carbocycles. The third-order valence-corrected chi connectivity index (χ3v) is 5.01. The predicted octanol–water partition coefficient (Wildman–Crippen LogP) is 3.43. The van der Waals surface area contributed by atoms with Gasteiger partial charge in [-0.05, 0) is 42.8 Å². The zero-order chi connectivity index (χ0) is 19.3. The first kappa shape index (κ1) is 16.7. The van der Waals surface area contributed by atoms with Gasteiger partial charge in [0.2, 0.25) is 24.4 Å². The second-order valence-electron chi connectivity index (χ2n) is 6.86. The summed E-state index contributed by atoms with van der Waals surface area (Å²) in [7, 11) is 0. The SMILES string of the molecule is Cc1ccc(N2CC(c3nc(-c4ccc5c(c4)OCO5)no3)CC2=O)cc1F. The molecule has 2 aromatic carbocycles. The maximum absolute atomic E-state index is 13.9. The van der Waals surface area contributed by atoms with Crippen LogP contribution in [0.25, 0.3) is 11.4 Å². The van der Waals surface area contributed by atoms with Gasteiger partial charge in [-0.15, -0.1) is 0 Å². The number of amides is 1. The number of aryl methyl sites for hydroxylation is 1. The Morgan fingerprint density at radius 1 is 1.14 bits per heavy atom. The van der Waals surface area contributed by atoms with E-state index < -0.39 is 0 Å². The van der Waals surface area contributed by atoms with Crippen LogP contribution in [-0.4, -0.2) is 29.4 Å². The van der Waals surface area contributed by atoms with Crippen molar-refractivity contribution in [3.63, 3.8) is 0 Å². The lowest BCUT2D eigenvalue weighted by Gasteiger charge is -2.16. The summed E-state index contributed by atoms with van der Waals surface area (Å²) >= 11 is 0. The quantitative estimate of drug-likeness (QED) is 0.692. The molecule has 0 N–H and O–H groups in total. The van der Waals surface area contributed by atoms with Gasteiger partial charge in [-0.2, -0.15) is 4.98 Å². The lowest BCUT2D eigenvalue weighted by Crippen LogP contribution is -2.24. The number of hydrogen-bond acceptors (Lipinski definition) is 6. The second kappa shape index (κ2) is 6.33. The molecule has 3 aromatic rings. The van der Waals surface area contributed by atoms with E-state index in [1.165, 1.54) is 6.07 Å². The van der Waals surface area contributed by atoms with Crippen molar-refractivity contribution in [1.29, 1.82) is 0 Å². The van der Waals surface area contributed by atoms with Crippen LogP contribution in [0.15, 0.2) is 40.9 Å². The molecule has 1 fully saturated rings. The molecule has 1 amide bonds. The van der Waals surface area contributed by atoms with Gasteiger partial charge >= 0.3 is 0 Å². The number of aromatic nitrogens is 2. The van der Waals surface area contributed by atoms with E-state index in [1.807, 2.05) is 6.07 Å². The Hall–Kier alpha value is -3.42. The minimum atomic E-state index is -0.336. The second-order valence-corrected chi connectivity index (χ2v) is 6.86. The van der Waals surface area contributed by atoms with E-state index in [1.54, 1.807) is 36.1 Å². The summed E-state index contributed by atoms with van der Waals surface area (Å²) in [4.78, 5) is 18.5. The fraction of sp³-hybridized carbons (Fsp3) is 0.250. The summed E-state index contributed by atoms with van der Waals surface area (Å²) in [5, 5.41) is 4.03. The van der Waals surface area contributed by atoms with Crippen molar-refractivity contribution in [3.05, 3.63) is 53.7 Å². The number of ether oxygens (including phenoxy) is 2. The highest BCUT2D eigenvalue weighted by Gasteiger charge is 2.35. The van der Waals surface area contributed by atoms with Crippen LogP contribution < -0.4 is 14.4 Å². The lowest BCUT2D eigenvalue weighted by molar-refractivity contribution is -0.117. The van der Waals surface area contributed by atoms with Crippen LogP contribution in [0, 0.1) is 12.7 Å². The van der Waals surface area contributed by atoms with E-state index in [0.29, 0.717) is 41.0 Å². The Morgan fingerprint density at radius 2 is 2.00 bits per heavy atom. The molecular formula is C20H16FN3O4. The molecule has 1 saturated heterocycles. The first-order valence-electron chi connectivity index (χ1n) is 8.88. The predicted molar refractivity (Wildman–Crippen MR) is 96.7 cm³/mol. The molecule has 1 unspecified atom stereocenters. The fourth-order valence-corrected chi connectivity index (χ4v) is 3.43. The molecule has 2 aliphatic heterocycles. The van der Waals surface area contributed by atoms with Crippen LogP contribution in [0.3, 0.4) is 0 Å². The summed E-state index contributed by atoms with van der Waals surface area (Å²) in [6.07, 6.45) is 0.234. The zero-order valence-electron chi connectivity index (χ0n) is 15.0. The van der Waals surface area contributed by atoms with E-state index in [9.17, 15) is 9.18 Å². The molecule has 5 rings (SSSR count). The number of nitrogens with zero attached hydrogens (tertiary/aromatic N) is 3. The van der Waals surface area contributed by atoms with Gasteiger partial charge < -0.3 is 18.9 Å². The Labute approximate surface area is 159 Å². The molecule has 3 heterocycles. The van der Waals surface area contributed by atoms with Gasteiger partial charge in [-0.25, -0.2) is 4.39 Å². The van der Waals surface area contributed by atoms with Gasteiger partial charge in [-0.1, -0.05) is 11.2 Å². The first-order valence-corrected chi connectivity index (χ1v) is 8.88. The largest absolute Gasteiger partial charge is 0.454 e. The molecule has 1 aromatic heterocycles. The summed E-state index contributed by atoms with van der Waals surface area (Å²) in [5.41, 5.74) is 1.81. The zero-order valence-corrected chi connectivity index (χ0v) is 15.0.